The van der Waals surface area contributed by atoms with Crippen molar-refractivity contribution >= 4 is 13.7 Å². The molecular weight excluding hydrogens is 623 g/mol. The summed E-state index contributed by atoms with van der Waals surface area (Å²) in [5.74, 6) is -0.155. The average Bonchev–Trinajstić information content (AvgIpc) is 3.02. The van der Waals surface area contributed by atoms with Gasteiger partial charge < -0.3 is 19.8 Å². The maximum Gasteiger partial charge on any atom is 0.472 e. The van der Waals surface area contributed by atoms with Crippen LogP contribution in [0.4, 0.5) is 0 Å². The summed E-state index contributed by atoms with van der Waals surface area (Å²) < 4.78 is 23.5. The van der Waals surface area contributed by atoms with Crippen LogP contribution in [0.5, 0.6) is 0 Å². The molecular formula is C39H80N2O6P+. The Morgan fingerprint density at radius 1 is 0.688 bits per heavy atom. The van der Waals surface area contributed by atoms with Crippen molar-refractivity contribution in [1.82, 2.24) is 5.32 Å². The minimum atomic E-state index is -4.30. The first kappa shape index (κ1) is 47.2. The fourth-order valence-corrected chi connectivity index (χ4v) is 6.48. The number of nitrogens with one attached hydrogen (secondary N) is 1. The zero-order valence-electron chi connectivity index (χ0n) is 32.2. The van der Waals surface area contributed by atoms with Crippen molar-refractivity contribution in [2.75, 3.05) is 40.9 Å². The maximum absolute atomic E-state index is 12.8. The van der Waals surface area contributed by atoms with Crippen LogP contribution in [0.25, 0.3) is 0 Å². The number of nitrogens with zero attached hydrogens (tertiary/aromatic N) is 1. The van der Waals surface area contributed by atoms with Gasteiger partial charge >= 0.3 is 7.82 Å². The summed E-state index contributed by atoms with van der Waals surface area (Å²) in [7, 11) is 1.61. The number of unbranched alkanes of at least 4 members (excludes halogenated alkanes) is 21. The highest BCUT2D eigenvalue weighted by Crippen LogP contribution is 2.43. The van der Waals surface area contributed by atoms with Gasteiger partial charge in [-0.3, -0.25) is 13.8 Å². The zero-order chi connectivity index (χ0) is 35.8. The van der Waals surface area contributed by atoms with Crippen molar-refractivity contribution in [1.29, 1.82) is 0 Å². The van der Waals surface area contributed by atoms with E-state index < -0.39 is 20.0 Å². The number of carbonyl (C=O) groups is 1. The molecule has 0 aliphatic carbocycles. The summed E-state index contributed by atoms with van der Waals surface area (Å²) in [5.41, 5.74) is 0. The number of likely N-dealkylation sites (N-methyl/N-ethyl adjacent to an activating group) is 1. The molecule has 0 rings (SSSR count). The highest BCUT2D eigenvalue weighted by Gasteiger charge is 2.28. The molecule has 48 heavy (non-hydrogen) atoms. The smallest absolute Gasteiger partial charge is 0.391 e. The van der Waals surface area contributed by atoms with Crippen molar-refractivity contribution in [2.45, 2.75) is 193 Å². The molecule has 3 unspecified atom stereocenters. The van der Waals surface area contributed by atoms with E-state index in [1.54, 1.807) is 0 Å². The predicted octanol–water partition coefficient (Wildman–Crippen LogP) is 10.4. The van der Waals surface area contributed by atoms with Crippen LogP contribution < -0.4 is 5.32 Å². The quantitative estimate of drug-likeness (QED) is 0.0260. The molecule has 3 atom stereocenters. The van der Waals surface area contributed by atoms with Gasteiger partial charge in [-0.25, -0.2) is 4.57 Å². The van der Waals surface area contributed by atoms with Crippen LogP contribution in [-0.4, -0.2) is 73.4 Å². The minimum Gasteiger partial charge on any atom is -0.391 e. The molecule has 9 heteroatoms. The molecule has 286 valence electrons. The van der Waals surface area contributed by atoms with Crippen molar-refractivity contribution in [3.63, 3.8) is 0 Å². The van der Waals surface area contributed by atoms with Crippen LogP contribution in [0.2, 0.25) is 0 Å². The molecule has 0 heterocycles. The Kier molecular flexibility index (Phi) is 31.7. The molecule has 0 aromatic carbocycles. The van der Waals surface area contributed by atoms with Gasteiger partial charge in [-0.1, -0.05) is 148 Å². The van der Waals surface area contributed by atoms with E-state index in [1.165, 1.54) is 103 Å². The van der Waals surface area contributed by atoms with Gasteiger partial charge in [0.25, 0.3) is 0 Å². The molecule has 3 N–H and O–H groups in total. The molecule has 0 radical (unpaired) electrons. The van der Waals surface area contributed by atoms with Crippen LogP contribution in [0, 0.1) is 0 Å². The number of aliphatic hydroxyl groups is 1. The first-order chi connectivity index (χ1) is 23.0. The third-order valence-electron chi connectivity index (χ3n) is 9.01. The lowest BCUT2D eigenvalue weighted by molar-refractivity contribution is -0.870. The zero-order valence-corrected chi connectivity index (χ0v) is 33.1. The second-order valence-corrected chi connectivity index (χ2v) is 16.5. The molecule has 1 amide bonds. The van der Waals surface area contributed by atoms with Crippen molar-refractivity contribution in [2.24, 2.45) is 0 Å². The Labute approximate surface area is 297 Å². The summed E-state index contributed by atoms with van der Waals surface area (Å²) in [5, 5.41) is 13.9. The normalized spacial score (nSPS) is 14.7. The minimum absolute atomic E-state index is 0.0744. The van der Waals surface area contributed by atoms with E-state index in [2.05, 4.69) is 31.3 Å². The van der Waals surface area contributed by atoms with Crippen molar-refractivity contribution in [3.8, 4) is 0 Å². The van der Waals surface area contributed by atoms with Crippen LogP contribution in [0.15, 0.2) is 12.2 Å². The third-order valence-corrected chi connectivity index (χ3v) is 10.00. The topological polar surface area (TPSA) is 105 Å². The first-order valence-electron chi connectivity index (χ1n) is 20.1. The first-order valence-corrected chi connectivity index (χ1v) is 21.5. The summed E-state index contributed by atoms with van der Waals surface area (Å²) in [6, 6.07) is -0.758. The van der Waals surface area contributed by atoms with E-state index in [4.69, 9.17) is 9.05 Å². The highest BCUT2D eigenvalue weighted by molar-refractivity contribution is 7.47. The van der Waals surface area contributed by atoms with Gasteiger partial charge in [-0.2, -0.15) is 0 Å². The standard InChI is InChI=1S/C39H79N2O6P/c1-6-8-10-12-14-16-18-19-20-21-22-23-25-27-29-31-33-39(43)40-37(36-47-48(44,45)46-35-34-41(3,4)5)38(42)32-30-28-26-24-17-15-13-11-9-7-2/h20-21,37-38,42H,6-19,22-36H2,1-5H3,(H-,40,43,44,45)/p+1/b21-20-. The number of hydrogen-bond donors (Lipinski definition) is 3. The maximum atomic E-state index is 12.8. The van der Waals surface area contributed by atoms with E-state index >= 15 is 0 Å². The summed E-state index contributed by atoms with van der Waals surface area (Å²) >= 11 is 0. The van der Waals surface area contributed by atoms with Gasteiger partial charge in [0.15, 0.2) is 0 Å². The van der Waals surface area contributed by atoms with Gasteiger partial charge in [-0.05, 0) is 38.5 Å². The summed E-state index contributed by atoms with van der Waals surface area (Å²) in [6.07, 6.45) is 33.7. The van der Waals surface area contributed by atoms with E-state index in [0.717, 1.165) is 51.4 Å². The van der Waals surface area contributed by atoms with E-state index in [0.29, 0.717) is 23.9 Å². The summed E-state index contributed by atoms with van der Waals surface area (Å²) in [6.45, 7) is 4.85. The SMILES string of the molecule is CCCCCCCCC/C=C\CCCCCCCC(=O)NC(COP(=O)(O)OCC[N+](C)(C)C)C(O)CCCCCCCCCCCC. The lowest BCUT2D eigenvalue weighted by Gasteiger charge is -2.26. The van der Waals surface area contributed by atoms with E-state index in [-0.39, 0.29) is 19.1 Å². The average molecular weight is 704 g/mol. The Hall–Kier alpha value is -0.760. The number of aliphatic hydroxyl groups excluding tert-OH is 1. The lowest BCUT2D eigenvalue weighted by Crippen LogP contribution is -2.46. The fraction of sp³-hybridized carbons (Fsp3) is 0.923. The number of rotatable bonds is 36. The molecule has 0 saturated heterocycles. The van der Waals surface area contributed by atoms with Crippen LogP contribution in [0.3, 0.4) is 0 Å². The second-order valence-electron chi connectivity index (χ2n) is 15.0. The molecule has 0 aromatic heterocycles. The predicted molar refractivity (Wildman–Crippen MR) is 203 cm³/mol. The van der Waals surface area contributed by atoms with E-state index in [1.807, 2.05) is 21.1 Å². The second kappa shape index (κ2) is 32.2. The van der Waals surface area contributed by atoms with Gasteiger partial charge in [-0.15, -0.1) is 0 Å². The molecule has 0 aromatic rings. The molecule has 0 aliphatic heterocycles. The van der Waals surface area contributed by atoms with Gasteiger partial charge in [0, 0.05) is 6.42 Å². The summed E-state index contributed by atoms with van der Waals surface area (Å²) in [4.78, 5) is 23.0. The van der Waals surface area contributed by atoms with Crippen LogP contribution in [0.1, 0.15) is 181 Å². The Morgan fingerprint density at radius 3 is 1.60 bits per heavy atom. The molecule has 0 bridgehead atoms. The molecule has 0 spiro atoms. The molecule has 0 saturated carbocycles. The molecule has 8 nitrogen and oxygen atoms in total. The van der Waals surface area contributed by atoms with Gasteiger partial charge in [0.2, 0.25) is 5.91 Å². The monoisotopic (exact) mass is 704 g/mol. The number of amides is 1. The molecule has 0 fully saturated rings. The lowest BCUT2D eigenvalue weighted by atomic mass is 10.0. The number of carbonyl (C=O) groups excluding carboxylic acids is 1. The van der Waals surface area contributed by atoms with Crippen molar-refractivity contribution < 1.29 is 32.9 Å². The number of phosphoric ester groups is 1. The largest absolute Gasteiger partial charge is 0.472 e. The van der Waals surface area contributed by atoms with Gasteiger partial charge in [0.1, 0.15) is 13.2 Å². The van der Waals surface area contributed by atoms with Crippen molar-refractivity contribution in [3.05, 3.63) is 12.2 Å². The molecule has 0 aliphatic rings. The highest BCUT2D eigenvalue weighted by atomic mass is 31.2. The number of hydrogen-bond acceptors (Lipinski definition) is 5. The van der Waals surface area contributed by atoms with E-state index in [9.17, 15) is 19.4 Å². The Bertz CT molecular complexity index is 804. The number of allylic oxidation sites excluding steroid dienone is 2. The van der Waals surface area contributed by atoms with Crippen LogP contribution >= 0.6 is 7.82 Å². The Balaban J connectivity index is 4.40. The number of phosphoric acid groups is 1. The third kappa shape index (κ3) is 33.7. The fourth-order valence-electron chi connectivity index (χ4n) is 5.74. The van der Waals surface area contributed by atoms with Gasteiger partial charge in [0.05, 0.1) is 39.9 Å². The number of quaternary nitrogens is 1. The van der Waals surface area contributed by atoms with Crippen LogP contribution in [-0.2, 0) is 18.4 Å². The Morgan fingerprint density at radius 2 is 1.12 bits per heavy atom.